The van der Waals surface area contributed by atoms with Gasteiger partial charge in [0.2, 0.25) is 5.91 Å². The minimum atomic E-state index is -0.609. The number of aromatic nitrogens is 2. The molecule has 142 valence electrons. The number of primary amides is 1. The molecule has 2 aromatic carbocycles. The molecular weight excluding hydrogens is 358 g/mol. The summed E-state index contributed by atoms with van der Waals surface area (Å²) in [5, 5.41) is 12.1. The van der Waals surface area contributed by atoms with Crippen LogP contribution in [-0.4, -0.2) is 34.5 Å². The molecule has 8 heteroatoms. The van der Waals surface area contributed by atoms with E-state index >= 15 is 0 Å². The van der Waals surface area contributed by atoms with Gasteiger partial charge in [-0.1, -0.05) is 42.5 Å². The summed E-state index contributed by atoms with van der Waals surface area (Å²) in [6, 6.07) is 16.2. The van der Waals surface area contributed by atoms with E-state index in [2.05, 4.69) is 20.8 Å². The molecule has 0 saturated heterocycles. The van der Waals surface area contributed by atoms with Crippen LogP contribution in [0.5, 0.6) is 0 Å². The molecule has 0 aliphatic carbocycles. The van der Waals surface area contributed by atoms with Crippen LogP contribution >= 0.6 is 0 Å². The zero-order chi connectivity index (χ0) is 19.9. The van der Waals surface area contributed by atoms with E-state index in [-0.39, 0.29) is 18.4 Å². The van der Waals surface area contributed by atoms with Crippen LogP contribution in [0.15, 0.2) is 60.8 Å². The average molecular weight is 377 g/mol. The maximum Gasteiger partial charge on any atom is 0.255 e. The van der Waals surface area contributed by atoms with Crippen LogP contribution in [0, 0.1) is 0 Å². The van der Waals surface area contributed by atoms with Gasteiger partial charge in [0, 0.05) is 17.7 Å². The van der Waals surface area contributed by atoms with Gasteiger partial charge in [0.25, 0.3) is 11.8 Å². The third kappa shape index (κ3) is 4.61. The Kier molecular flexibility index (Phi) is 5.81. The Morgan fingerprint density at radius 1 is 0.929 bits per heavy atom. The number of H-pyrrole nitrogens is 1. The first kappa shape index (κ1) is 18.8. The van der Waals surface area contributed by atoms with Crippen LogP contribution in [0.1, 0.15) is 26.3 Å². The molecule has 0 saturated carbocycles. The van der Waals surface area contributed by atoms with Crippen LogP contribution in [-0.2, 0) is 11.3 Å². The third-order valence-electron chi connectivity index (χ3n) is 4.04. The second kappa shape index (κ2) is 8.63. The second-order valence-corrected chi connectivity index (χ2v) is 6.05. The van der Waals surface area contributed by atoms with Crippen molar-refractivity contribution >= 4 is 17.7 Å². The van der Waals surface area contributed by atoms with Crippen molar-refractivity contribution in [2.24, 2.45) is 5.73 Å². The van der Waals surface area contributed by atoms with Crippen molar-refractivity contribution in [3.63, 3.8) is 0 Å². The number of nitrogens with one attached hydrogen (secondary N) is 3. The van der Waals surface area contributed by atoms with Gasteiger partial charge in [0.1, 0.15) is 0 Å². The molecule has 0 spiro atoms. The molecular formula is C20H19N5O3. The first-order valence-electron chi connectivity index (χ1n) is 8.57. The number of hydrogen-bond acceptors (Lipinski definition) is 4. The van der Waals surface area contributed by atoms with Crippen molar-refractivity contribution in [3.8, 4) is 11.3 Å². The molecule has 0 bridgehead atoms. The predicted molar refractivity (Wildman–Crippen MR) is 103 cm³/mol. The lowest BCUT2D eigenvalue weighted by atomic mass is 10.1. The summed E-state index contributed by atoms with van der Waals surface area (Å²) in [7, 11) is 0. The zero-order valence-electron chi connectivity index (χ0n) is 14.9. The minimum absolute atomic E-state index is 0.217. The van der Waals surface area contributed by atoms with Gasteiger partial charge in [-0.15, -0.1) is 0 Å². The van der Waals surface area contributed by atoms with Crippen LogP contribution in [0.4, 0.5) is 0 Å². The van der Waals surface area contributed by atoms with Gasteiger partial charge in [-0.25, -0.2) is 0 Å². The number of aromatic amines is 1. The van der Waals surface area contributed by atoms with Crippen LogP contribution in [0.2, 0.25) is 0 Å². The topological polar surface area (TPSA) is 130 Å². The molecule has 3 rings (SSSR count). The highest BCUT2D eigenvalue weighted by molar-refractivity contribution is 5.99. The average Bonchev–Trinajstić information content (AvgIpc) is 3.21. The number of hydrogen-bond donors (Lipinski definition) is 4. The van der Waals surface area contributed by atoms with Crippen LogP contribution < -0.4 is 16.4 Å². The predicted octanol–water partition coefficient (Wildman–Crippen LogP) is 1.22. The van der Waals surface area contributed by atoms with E-state index in [1.165, 1.54) is 6.20 Å². The van der Waals surface area contributed by atoms with Gasteiger partial charge in [-0.05, 0) is 17.7 Å². The van der Waals surface area contributed by atoms with Gasteiger partial charge >= 0.3 is 0 Å². The zero-order valence-corrected chi connectivity index (χ0v) is 14.9. The van der Waals surface area contributed by atoms with Gasteiger partial charge in [0.15, 0.2) is 0 Å². The number of carbonyl (C=O) groups excluding carboxylic acids is 3. The Labute approximate surface area is 161 Å². The minimum Gasteiger partial charge on any atom is -0.368 e. The maximum atomic E-state index is 12.5. The molecule has 0 radical (unpaired) electrons. The van der Waals surface area contributed by atoms with E-state index in [4.69, 9.17) is 5.73 Å². The smallest absolute Gasteiger partial charge is 0.255 e. The quantitative estimate of drug-likeness (QED) is 0.493. The van der Waals surface area contributed by atoms with E-state index in [0.29, 0.717) is 23.4 Å². The van der Waals surface area contributed by atoms with E-state index in [0.717, 1.165) is 11.1 Å². The van der Waals surface area contributed by atoms with Gasteiger partial charge in [-0.2, -0.15) is 5.10 Å². The second-order valence-electron chi connectivity index (χ2n) is 6.05. The Balaban J connectivity index is 1.61. The number of nitrogens with zero attached hydrogens (tertiary/aromatic N) is 1. The molecule has 0 atom stereocenters. The van der Waals surface area contributed by atoms with E-state index in [9.17, 15) is 14.4 Å². The Bertz CT molecular complexity index is 981. The molecule has 1 aromatic heterocycles. The van der Waals surface area contributed by atoms with Gasteiger partial charge < -0.3 is 16.4 Å². The Morgan fingerprint density at radius 3 is 2.32 bits per heavy atom. The lowest BCUT2D eigenvalue weighted by Crippen LogP contribution is -2.33. The maximum absolute atomic E-state index is 12.5. The molecule has 3 aromatic rings. The molecule has 3 amide bonds. The summed E-state index contributed by atoms with van der Waals surface area (Å²) in [5.41, 5.74) is 8.20. The fraction of sp³-hybridized carbons (Fsp3) is 0.100. The van der Waals surface area contributed by atoms with Gasteiger partial charge in [-0.3, -0.25) is 19.5 Å². The van der Waals surface area contributed by atoms with Crippen molar-refractivity contribution in [1.29, 1.82) is 0 Å². The fourth-order valence-corrected chi connectivity index (χ4v) is 2.60. The van der Waals surface area contributed by atoms with Crippen molar-refractivity contribution < 1.29 is 14.4 Å². The number of amides is 3. The summed E-state index contributed by atoms with van der Waals surface area (Å²) < 4.78 is 0. The lowest BCUT2D eigenvalue weighted by molar-refractivity contribution is -0.117. The molecule has 0 unspecified atom stereocenters. The Morgan fingerprint density at radius 2 is 1.64 bits per heavy atom. The number of nitrogens with two attached hydrogens (primary N) is 1. The summed E-state index contributed by atoms with van der Waals surface area (Å²) in [6.45, 7) is 0.0759. The van der Waals surface area contributed by atoms with E-state index in [1.807, 2.05) is 30.3 Å². The summed E-state index contributed by atoms with van der Waals surface area (Å²) in [5.74, 6) is -1.25. The number of carbonyl (C=O) groups is 3. The highest BCUT2D eigenvalue weighted by Gasteiger charge is 2.15. The molecule has 0 fully saturated rings. The molecule has 0 aliphatic heterocycles. The summed E-state index contributed by atoms with van der Waals surface area (Å²) in [4.78, 5) is 35.1. The largest absolute Gasteiger partial charge is 0.368 e. The van der Waals surface area contributed by atoms with Crippen LogP contribution in [0.3, 0.4) is 0 Å². The fourth-order valence-electron chi connectivity index (χ4n) is 2.60. The monoisotopic (exact) mass is 377 g/mol. The number of benzene rings is 2. The van der Waals surface area contributed by atoms with Crippen molar-refractivity contribution in [1.82, 2.24) is 20.8 Å². The summed E-state index contributed by atoms with van der Waals surface area (Å²) in [6.07, 6.45) is 1.49. The lowest BCUT2D eigenvalue weighted by Gasteiger charge is -2.07. The molecule has 8 nitrogen and oxygen atoms in total. The summed E-state index contributed by atoms with van der Waals surface area (Å²) >= 11 is 0. The van der Waals surface area contributed by atoms with Crippen LogP contribution in [0.25, 0.3) is 11.3 Å². The van der Waals surface area contributed by atoms with Crippen molar-refractivity contribution in [2.45, 2.75) is 6.54 Å². The SMILES string of the molecule is NC(=O)CNC(=O)c1ccc(CNC(=O)c2cn[nH]c2-c2ccccc2)cc1. The third-order valence-corrected chi connectivity index (χ3v) is 4.04. The van der Waals surface area contributed by atoms with E-state index in [1.54, 1.807) is 24.3 Å². The Hall–Kier alpha value is -3.94. The van der Waals surface area contributed by atoms with E-state index < -0.39 is 5.91 Å². The first-order valence-corrected chi connectivity index (χ1v) is 8.57. The highest BCUT2D eigenvalue weighted by Crippen LogP contribution is 2.20. The standard InChI is InChI=1S/C20H19N5O3/c21-17(26)12-23-19(27)15-8-6-13(7-9-15)10-22-20(28)16-11-24-25-18(16)14-4-2-1-3-5-14/h1-9,11H,10,12H2,(H2,21,26)(H,22,28)(H,23,27)(H,24,25). The van der Waals surface area contributed by atoms with Crippen molar-refractivity contribution in [3.05, 3.63) is 77.5 Å². The molecule has 28 heavy (non-hydrogen) atoms. The molecule has 5 N–H and O–H groups in total. The molecule has 0 aliphatic rings. The first-order chi connectivity index (χ1) is 13.5. The van der Waals surface area contributed by atoms with Gasteiger partial charge in [0.05, 0.1) is 24.0 Å². The highest BCUT2D eigenvalue weighted by atomic mass is 16.2. The normalized spacial score (nSPS) is 10.3. The van der Waals surface area contributed by atoms with Crippen molar-refractivity contribution in [2.75, 3.05) is 6.54 Å². The molecule has 1 heterocycles. The number of rotatable bonds is 7.